The van der Waals surface area contributed by atoms with Crippen molar-refractivity contribution in [3.05, 3.63) is 89.0 Å². The summed E-state index contributed by atoms with van der Waals surface area (Å²) in [5.74, 6) is -0.380. The Bertz CT molecular complexity index is 1060. The third-order valence-electron chi connectivity index (χ3n) is 4.96. The van der Waals surface area contributed by atoms with Gasteiger partial charge in [0.15, 0.2) is 6.61 Å². The van der Waals surface area contributed by atoms with E-state index < -0.39 is 5.97 Å². The van der Waals surface area contributed by atoms with E-state index in [1.54, 1.807) is 37.4 Å². The van der Waals surface area contributed by atoms with Crippen LogP contribution in [0.15, 0.2) is 66.7 Å². The number of rotatable bonds is 8. The van der Waals surface area contributed by atoms with Crippen LogP contribution in [0.25, 0.3) is 0 Å². The second-order valence-electron chi connectivity index (χ2n) is 7.14. The van der Waals surface area contributed by atoms with Crippen LogP contribution in [0.4, 0.5) is 5.69 Å². The summed E-state index contributed by atoms with van der Waals surface area (Å²) in [5, 5.41) is 11.7. The van der Waals surface area contributed by atoms with E-state index in [0.717, 1.165) is 16.7 Å². The molecule has 0 aromatic heterocycles. The van der Waals surface area contributed by atoms with Crippen molar-refractivity contribution in [2.75, 3.05) is 18.6 Å². The number of ether oxygens (including phenoxy) is 2. The van der Waals surface area contributed by atoms with Crippen molar-refractivity contribution in [2.45, 2.75) is 20.4 Å². The highest BCUT2D eigenvalue weighted by atomic mass is 16.5. The Kier molecular flexibility index (Phi) is 6.92. The topological polar surface area (TPSA) is 78.9 Å². The third kappa shape index (κ3) is 5.22. The number of para-hydroxylation sites is 2. The fourth-order valence-electron chi connectivity index (χ4n) is 3.34. The van der Waals surface area contributed by atoms with Gasteiger partial charge in [-0.25, -0.2) is 0 Å². The summed E-state index contributed by atoms with van der Waals surface area (Å²) in [6, 6.07) is 19.3. The van der Waals surface area contributed by atoms with Gasteiger partial charge in [0.1, 0.15) is 11.5 Å². The number of amides is 1. The highest BCUT2D eigenvalue weighted by Crippen LogP contribution is 2.25. The van der Waals surface area contributed by atoms with Gasteiger partial charge in [0.25, 0.3) is 5.91 Å². The first-order valence-corrected chi connectivity index (χ1v) is 9.83. The van der Waals surface area contributed by atoms with Crippen molar-refractivity contribution in [3.8, 4) is 11.5 Å². The van der Waals surface area contributed by atoms with Crippen LogP contribution >= 0.6 is 0 Å². The van der Waals surface area contributed by atoms with E-state index in [1.807, 2.05) is 44.2 Å². The lowest BCUT2D eigenvalue weighted by Crippen LogP contribution is -2.37. The molecule has 3 aromatic carbocycles. The van der Waals surface area contributed by atoms with E-state index in [-0.39, 0.29) is 30.3 Å². The van der Waals surface area contributed by atoms with E-state index in [4.69, 9.17) is 9.47 Å². The summed E-state index contributed by atoms with van der Waals surface area (Å²) >= 11 is 0. The predicted molar refractivity (Wildman–Crippen MR) is 116 cm³/mol. The SMILES string of the molecule is COc1ccc(CN(C(=O)COc2c(C)cccc2C)c2ccccc2C(=O)[O-])cc1. The molecule has 0 spiro atoms. The quantitative estimate of drug-likeness (QED) is 0.561. The maximum atomic E-state index is 13.2. The van der Waals surface area contributed by atoms with Crippen molar-refractivity contribution in [1.82, 2.24) is 0 Å². The summed E-state index contributed by atoms with van der Waals surface area (Å²) < 4.78 is 11.0. The van der Waals surface area contributed by atoms with E-state index in [9.17, 15) is 14.7 Å². The fraction of sp³-hybridized carbons (Fsp3) is 0.200. The molecular formula is C25H24NO5-. The Labute approximate surface area is 181 Å². The molecule has 1 amide bonds. The van der Waals surface area contributed by atoms with E-state index >= 15 is 0 Å². The van der Waals surface area contributed by atoms with E-state index in [2.05, 4.69) is 0 Å². The molecular weight excluding hydrogens is 394 g/mol. The zero-order valence-electron chi connectivity index (χ0n) is 17.8. The number of hydrogen-bond acceptors (Lipinski definition) is 5. The Balaban J connectivity index is 1.91. The van der Waals surface area contributed by atoms with Gasteiger partial charge in [-0.2, -0.15) is 0 Å². The van der Waals surface area contributed by atoms with Crippen molar-refractivity contribution < 1.29 is 24.2 Å². The maximum absolute atomic E-state index is 13.2. The van der Waals surface area contributed by atoms with Crippen LogP contribution in [-0.4, -0.2) is 25.6 Å². The first-order valence-electron chi connectivity index (χ1n) is 9.83. The van der Waals surface area contributed by atoms with E-state index in [1.165, 1.54) is 11.0 Å². The molecule has 0 saturated carbocycles. The molecule has 0 saturated heterocycles. The molecule has 3 aromatic rings. The number of anilines is 1. The molecule has 0 aliphatic carbocycles. The average Bonchev–Trinajstić information content (AvgIpc) is 2.77. The molecule has 0 radical (unpaired) electrons. The third-order valence-corrected chi connectivity index (χ3v) is 4.96. The van der Waals surface area contributed by atoms with Gasteiger partial charge in [0.2, 0.25) is 0 Å². The van der Waals surface area contributed by atoms with Gasteiger partial charge in [-0.15, -0.1) is 0 Å². The van der Waals surface area contributed by atoms with Gasteiger partial charge in [0.05, 0.1) is 25.3 Å². The average molecular weight is 418 g/mol. The standard InChI is InChI=1S/C25H25NO5/c1-17-7-6-8-18(2)24(17)31-16-23(27)26(15-19-11-13-20(30-3)14-12-19)22-10-5-4-9-21(22)25(28)29/h4-14H,15-16H2,1-3H3,(H,28,29)/p-1. The lowest BCUT2D eigenvalue weighted by molar-refractivity contribution is -0.254. The van der Waals surface area contributed by atoms with Crippen LogP contribution in [0.1, 0.15) is 27.0 Å². The van der Waals surface area contributed by atoms with Gasteiger partial charge in [-0.1, -0.05) is 48.5 Å². The molecule has 3 rings (SSSR count). The Morgan fingerprint density at radius 2 is 1.55 bits per heavy atom. The summed E-state index contributed by atoms with van der Waals surface area (Å²) in [6.45, 7) is 3.76. The summed E-state index contributed by atoms with van der Waals surface area (Å²) in [5.41, 5.74) is 2.86. The molecule has 160 valence electrons. The molecule has 31 heavy (non-hydrogen) atoms. The zero-order valence-corrected chi connectivity index (χ0v) is 17.8. The predicted octanol–water partition coefficient (Wildman–Crippen LogP) is 3.29. The molecule has 6 nitrogen and oxygen atoms in total. The number of aromatic carboxylic acids is 1. The molecule has 0 fully saturated rings. The van der Waals surface area contributed by atoms with Crippen LogP contribution in [0.5, 0.6) is 11.5 Å². The minimum atomic E-state index is -1.35. The van der Waals surface area contributed by atoms with Crippen LogP contribution in [0.2, 0.25) is 0 Å². The largest absolute Gasteiger partial charge is 0.545 e. The van der Waals surface area contributed by atoms with Gasteiger partial charge in [0, 0.05) is 5.56 Å². The number of carbonyl (C=O) groups excluding carboxylic acids is 2. The Hall–Kier alpha value is -3.80. The number of nitrogens with zero attached hydrogens (tertiary/aromatic N) is 1. The highest BCUT2D eigenvalue weighted by molar-refractivity contribution is 6.01. The van der Waals surface area contributed by atoms with Crippen LogP contribution in [0.3, 0.4) is 0 Å². The molecule has 0 N–H and O–H groups in total. The zero-order chi connectivity index (χ0) is 22.4. The number of hydrogen-bond donors (Lipinski definition) is 0. The van der Waals surface area contributed by atoms with Gasteiger partial charge in [-0.05, 0) is 48.7 Å². The lowest BCUT2D eigenvalue weighted by atomic mass is 10.1. The first kappa shape index (κ1) is 21.9. The lowest BCUT2D eigenvalue weighted by Gasteiger charge is -2.26. The Morgan fingerprint density at radius 1 is 0.903 bits per heavy atom. The second kappa shape index (κ2) is 9.80. The van der Waals surface area contributed by atoms with Crippen molar-refractivity contribution in [1.29, 1.82) is 0 Å². The van der Waals surface area contributed by atoms with Gasteiger partial charge < -0.3 is 24.3 Å². The van der Waals surface area contributed by atoms with Crippen LogP contribution < -0.4 is 19.5 Å². The van der Waals surface area contributed by atoms with Crippen LogP contribution in [0, 0.1) is 13.8 Å². The molecule has 0 atom stereocenters. The Morgan fingerprint density at radius 3 is 2.16 bits per heavy atom. The molecule has 0 aliphatic heterocycles. The summed E-state index contributed by atoms with van der Waals surface area (Å²) in [4.78, 5) is 26.3. The summed E-state index contributed by atoms with van der Waals surface area (Å²) in [7, 11) is 1.58. The molecule has 0 heterocycles. The fourth-order valence-corrected chi connectivity index (χ4v) is 3.34. The number of carboxylic acids is 1. The monoisotopic (exact) mass is 418 g/mol. The highest BCUT2D eigenvalue weighted by Gasteiger charge is 2.21. The maximum Gasteiger partial charge on any atom is 0.265 e. The van der Waals surface area contributed by atoms with Crippen molar-refractivity contribution >= 4 is 17.6 Å². The van der Waals surface area contributed by atoms with E-state index in [0.29, 0.717) is 11.5 Å². The van der Waals surface area contributed by atoms with Gasteiger partial charge >= 0.3 is 0 Å². The second-order valence-corrected chi connectivity index (χ2v) is 7.14. The molecule has 0 unspecified atom stereocenters. The number of benzene rings is 3. The summed E-state index contributed by atoms with van der Waals surface area (Å²) in [6.07, 6.45) is 0. The minimum absolute atomic E-state index is 0.0589. The minimum Gasteiger partial charge on any atom is -0.545 e. The first-order chi connectivity index (χ1) is 14.9. The van der Waals surface area contributed by atoms with Crippen molar-refractivity contribution in [3.63, 3.8) is 0 Å². The number of methoxy groups -OCH3 is 1. The molecule has 0 aliphatic rings. The number of carbonyl (C=O) groups is 2. The van der Waals surface area contributed by atoms with Crippen LogP contribution in [-0.2, 0) is 11.3 Å². The number of carboxylic acid groups (broad SMARTS) is 1. The number of aryl methyl sites for hydroxylation is 2. The van der Waals surface area contributed by atoms with Gasteiger partial charge in [-0.3, -0.25) is 4.79 Å². The smallest absolute Gasteiger partial charge is 0.265 e. The normalized spacial score (nSPS) is 10.4. The molecule has 0 bridgehead atoms. The van der Waals surface area contributed by atoms with Crippen molar-refractivity contribution in [2.24, 2.45) is 0 Å². The molecule has 6 heteroatoms.